The molecule has 0 saturated heterocycles. The first-order valence-electron chi connectivity index (χ1n) is 3.25. The molecule has 0 aromatic rings. The minimum Gasteiger partial charge on any atom is -0.321 e. The average molecular weight is 254 g/mol. The molecule has 0 aromatic carbocycles. The Balaban J connectivity index is 4.55. The van der Waals surface area contributed by atoms with Crippen molar-refractivity contribution in [2.75, 3.05) is 27.1 Å². The summed E-state index contributed by atoms with van der Waals surface area (Å²) in [6.45, 7) is -3.08. The zero-order valence-corrected chi connectivity index (χ0v) is 9.93. The third-order valence-corrected chi connectivity index (χ3v) is 5.03. The van der Waals surface area contributed by atoms with Gasteiger partial charge in [0.05, 0.1) is 0 Å². The van der Waals surface area contributed by atoms with Gasteiger partial charge in [0, 0.05) is 7.11 Å². The molecule has 0 aromatic heterocycles. The van der Waals surface area contributed by atoms with Crippen LogP contribution in [0.1, 0.15) is 0 Å². The summed E-state index contributed by atoms with van der Waals surface area (Å²) in [5.74, 6) is -0.942. The monoisotopic (exact) mass is 253 g/mol. The number of nitrogens with zero attached hydrogens (tertiary/aromatic N) is 1. The van der Waals surface area contributed by atoms with Crippen LogP contribution in [-0.4, -0.2) is 37.9 Å². The molecule has 0 rings (SSSR count). The van der Waals surface area contributed by atoms with Crippen molar-refractivity contribution in [3.63, 3.8) is 0 Å². The van der Waals surface area contributed by atoms with Gasteiger partial charge in [0.25, 0.3) is 6.64 Å². The number of alkyl halides is 3. The van der Waals surface area contributed by atoms with Crippen molar-refractivity contribution in [1.29, 1.82) is 0 Å². The van der Waals surface area contributed by atoms with Crippen LogP contribution in [0.2, 0.25) is 0 Å². The van der Waals surface area contributed by atoms with Gasteiger partial charge >= 0.3 is 6.11 Å². The fourth-order valence-electron chi connectivity index (χ4n) is 0.475. The fraction of sp³-hybridized carbons (Fsp3) is 1.00. The Morgan fingerprint density at radius 3 is 2.23 bits per heavy atom. The Hall–Kier alpha value is 0.680. The summed E-state index contributed by atoms with van der Waals surface area (Å²) in [5.41, 5.74) is 0. The van der Waals surface area contributed by atoms with Crippen molar-refractivity contribution in [1.82, 2.24) is 4.67 Å². The summed E-state index contributed by atoms with van der Waals surface area (Å²) >= 11 is 9.78. The highest BCUT2D eigenvalue weighted by Crippen LogP contribution is 2.53. The van der Waals surface area contributed by atoms with Crippen molar-refractivity contribution in [2.24, 2.45) is 0 Å². The molecular weight excluding hydrogens is 243 g/mol. The van der Waals surface area contributed by atoms with Crippen LogP contribution in [0.3, 0.4) is 0 Å². The molecule has 0 aliphatic heterocycles. The maximum Gasteiger partial charge on any atom is 0.375 e. The van der Waals surface area contributed by atoms with E-state index in [1.807, 2.05) is 0 Å². The molecular formula is C5H11ClF2NO2PS. The zero-order chi connectivity index (χ0) is 10.7. The second-order valence-corrected chi connectivity index (χ2v) is 6.30. The minimum atomic E-state index is -3.45. The second-order valence-electron chi connectivity index (χ2n) is 2.36. The van der Waals surface area contributed by atoms with Gasteiger partial charge in [-0.05, 0) is 25.9 Å². The van der Waals surface area contributed by atoms with Gasteiger partial charge in [-0.3, -0.25) is 4.52 Å². The maximum absolute atomic E-state index is 12.7. The molecule has 0 radical (unpaired) electrons. The summed E-state index contributed by atoms with van der Waals surface area (Å²) in [4.78, 5) is 0. The van der Waals surface area contributed by atoms with E-state index >= 15 is 0 Å². The van der Waals surface area contributed by atoms with Crippen LogP contribution in [0.15, 0.2) is 0 Å². The number of rotatable bonds is 5. The summed E-state index contributed by atoms with van der Waals surface area (Å²) in [6.07, 6.45) is -3.45. The summed E-state index contributed by atoms with van der Waals surface area (Å²) in [7, 11) is 4.24. The number of hydrogen-bond donors (Lipinski definition) is 0. The van der Waals surface area contributed by atoms with Gasteiger partial charge in [0.1, 0.15) is 5.88 Å². The first kappa shape index (κ1) is 13.7. The van der Waals surface area contributed by atoms with Crippen LogP contribution in [-0.2, 0) is 20.9 Å². The standard InChI is InChI=1S/C5H11ClF2NO2PS/c1-9(2)12(13,10-3)11-5(7,8)4-6/h4H2,1-3H3. The lowest BCUT2D eigenvalue weighted by molar-refractivity contribution is -0.159. The maximum atomic E-state index is 12.7. The number of halogens is 3. The molecule has 1 atom stereocenters. The number of hydrogen-bond acceptors (Lipinski definition) is 3. The predicted molar refractivity (Wildman–Crippen MR) is 51.7 cm³/mol. The normalized spacial score (nSPS) is 17.5. The van der Waals surface area contributed by atoms with Crippen molar-refractivity contribution in [2.45, 2.75) is 6.11 Å². The molecule has 0 amide bonds. The van der Waals surface area contributed by atoms with Gasteiger partial charge in [-0.15, -0.1) is 11.6 Å². The molecule has 0 aliphatic carbocycles. The van der Waals surface area contributed by atoms with Crippen molar-refractivity contribution in [3.05, 3.63) is 0 Å². The van der Waals surface area contributed by atoms with E-state index in [4.69, 9.17) is 27.9 Å². The Bertz CT molecular complexity index is 217. The van der Waals surface area contributed by atoms with Gasteiger partial charge < -0.3 is 4.52 Å². The summed E-state index contributed by atoms with van der Waals surface area (Å²) in [5, 5.41) is 0. The SMILES string of the molecule is COP(=S)(OC(F)(F)CCl)N(C)C. The highest BCUT2D eigenvalue weighted by Gasteiger charge is 2.38. The lowest BCUT2D eigenvalue weighted by atomic mass is 10.8. The highest BCUT2D eigenvalue weighted by molar-refractivity contribution is 8.08. The quantitative estimate of drug-likeness (QED) is 0.553. The molecule has 0 spiro atoms. The van der Waals surface area contributed by atoms with E-state index in [0.717, 1.165) is 0 Å². The Morgan fingerprint density at radius 2 is 2.00 bits per heavy atom. The molecule has 0 aliphatic rings. The molecule has 1 unspecified atom stereocenters. The van der Waals surface area contributed by atoms with Gasteiger partial charge in [0.2, 0.25) is 0 Å². The van der Waals surface area contributed by atoms with E-state index in [0.29, 0.717) is 0 Å². The van der Waals surface area contributed by atoms with Gasteiger partial charge in [-0.25, -0.2) is 4.67 Å². The van der Waals surface area contributed by atoms with E-state index < -0.39 is 18.6 Å². The predicted octanol–water partition coefficient (Wildman–Crippen LogP) is 2.27. The minimum absolute atomic E-state index is 0.942. The van der Waals surface area contributed by atoms with E-state index in [1.54, 1.807) is 0 Å². The van der Waals surface area contributed by atoms with Crippen LogP contribution in [0.4, 0.5) is 8.78 Å². The van der Waals surface area contributed by atoms with Gasteiger partial charge in [-0.1, -0.05) is 0 Å². The van der Waals surface area contributed by atoms with Crippen molar-refractivity contribution < 1.29 is 17.8 Å². The third kappa shape index (κ3) is 4.14. The molecule has 0 saturated carbocycles. The first-order valence-corrected chi connectivity index (χ1v) is 6.38. The van der Waals surface area contributed by atoms with Crippen molar-refractivity contribution in [3.8, 4) is 0 Å². The van der Waals surface area contributed by atoms with E-state index in [1.165, 1.54) is 25.9 Å². The topological polar surface area (TPSA) is 21.7 Å². The average Bonchev–Trinajstić information content (AvgIpc) is 2.03. The van der Waals surface area contributed by atoms with Crippen LogP contribution >= 0.6 is 18.2 Å². The fourth-order valence-corrected chi connectivity index (χ4v) is 1.90. The van der Waals surface area contributed by atoms with Crippen LogP contribution in [0, 0.1) is 0 Å². The smallest absolute Gasteiger partial charge is 0.321 e. The third-order valence-electron chi connectivity index (χ3n) is 1.13. The molecule has 80 valence electrons. The van der Waals surface area contributed by atoms with E-state index in [9.17, 15) is 8.78 Å². The summed E-state index contributed by atoms with van der Waals surface area (Å²) in [6, 6.07) is 0. The lowest BCUT2D eigenvalue weighted by Gasteiger charge is -2.29. The molecule has 0 fully saturated rings. The largest absolute Gasteiger partial charge is 0.375 e. The molecule has 3 nitrogen and oxygen atoms in total. The Kier molecular flexibility index (Phi) is 5.22. The zero-order valence-electron chi connectivity index (χ0n) is 7.46. The molecule has 8 heteroatoms. The molecule has 0 bridgehead atoms. The van der Waals surface area contributed by atoms with Crippen molar-refractivity contribution >= 4 is 30.1 Å². The highest BCUT2D eigenvalue weighted by atomic mass is 35.5. The van der Waals surface area contributed by atoms with E-state index in [-0.39, 0.29) is 0 Å². The summed E-state index contributed by atoms with van der Waals surface area (Å²) < 4.78 is 35.8. The Morgan fingerprint density at radius 1 is 1.54 bits per heavy atom. The van der Waals surface area contributed by atoms with Crippen LogP contribution in [0.25, 0.3) is 0 Å². The first-order chi connectivity index (χ1) is 5.77. The molecule has 0 N–H and O–H groups in total. The Labute approximate surface area is 86.2 Å². The lowest BCUT2D eigenvalue weighted by Crippen LogP contribution is -2.25. The van der Waals surface area contributed by atoms with E-state index in [2.05, 4.69) is 4.52 Å². The van der Waals surface area contributed by atoms with Gasteiger partial charge in [-0.2, -0.15) is 8.78 Å². The van der Waals surface area contributed by atoms with Crippen LogP contribution < -0.4 is 0 Å². The molecule has 0 heterocycles. The van der Waals surface area contributed by atoms with Crippen LogP contribution in [0.5, 0.6) is 0 Å². The second kappa shape index (κ2) is 4.96. The molecule has 13 heavy (non-hydrogen) atoms. The van der Waals surface area contributed by atoms with Gasteiger partial charge in [0.15, 0.2) is 0 Å².